The molecule has 0 unspecified atom stereocenters. The molecule has 6 nitrogen and oxygen atoms in total. The lowest BCUT2D eigenvalue weighted by Crippen LogP contribution is -2.39. The first-order valence-corrected chi connectivity index (χ1v) is 6.96. The molecule has 1 rings (SSSR count). The molecule has 16 heavy (non-hydrogen) atoms. The van der Waals surface area contributed by atoms with Gasteiger partial charge in [0.1, 0.15) is 0 Å². The van der Waals surface area contributed by atoms with Gasteiger partial charge in [0.05, 0.1) is 18.5 Å². The Kier molecular flexibility index (Phi) is 4.69. The van der Waals surface area contributed by atoms with Crippen LogP contribution in [0, 0.1) is 0 Å². The number of hydrogen-bond donors (Lipinski definition) is 1. The van der Waals surface area contributed by atoms with Crippen molar-refractivity contribution in [3.05, 3.63) is 0 Å². The summed E-state index contributed by atoms with van der Waals surface area (Å²) in [5, 5.41) is 4.92. The first-order chi connectivity index (χ1) is 7.42. The predicted molar refractivity (Wildman–Crippen MR) is 57.1 cm³/mol. The summed E-state index contributed by atoms with van der Waals surface area (Å²) in [6.07, 6.45) is 0.759. The van der Waals surface area contributed by atoms with Crippen molar-refractivity contribution in [2.45, 2.75) is 38.4 Å². The van der Waals surface area contributed by atoms with Crippen molar-refractivity contribution in [3.63, 3.8) is 0 Å². The Morgan fingerprint density at radius 3 is 2.75 bits per heavy atom. The fourth-order valence-corrected chi connectivity index (χ4v) is 2.45. The standard InChI is InChI=1S/C9H17NO5S/c1-2-14-9(11)8-5-3-4-7(15-8)6-16(10,12)13/h7-8H,2-6H2,1H3,(H2,10,12,13)/t7-,8-/m0/s1. The Balaban J connectivity index is 2.50. The molecule has 0 bridgehead atoms. The molecule has 94 valence electrons. The Morgan fingerprint density at radius 2 is 2.19 bits per heavy atom. The zero-order chi connectivity index (χ0) is 12.2. The van der Waals surface area contributed by atoms with E-state index in [0.29, 0.717) is 19.4 Å². The third-order valence-corrected chi connectivity index (χ3v) is 3.15. The molecule has 0 aromatic carbocycles. The van der Waals surface area contributed by atoms with Crippen molar-refractivity contribution in [1.29, 1.82) is 0 Å². The zero-order valence-corrected chi connectivity index (χ0v) is 10.0. The van der Waals surface area contributed by atoms with Crippen molar-refractivity contribution in [3.8, 4) is 0 Å². The molecule has 2 atom stereocenters. The number of primary sulfonamides is 1. The van der Waals surface area contributed by atoms with E-state index in [9.17, 15) is 13.2 Å². The second kappa shape index (κ2) is 5.60. The number of hydrogen-bond acceptors (Lipinski definition) is 5. The molecule has 0 aliphatic carbocycles. The average molecular weight is 251 g/mol. The van der Waals surface area contributed by atoms with E-state index in [-0.39, 0.29) is 5.75 Å². The molecule has 0 spiro atoms. The summed E-state index contributed by atoms with van der Waals surface area (Å²) in [5.41, 5.74) is 0. The summed E-state index contributed by atoms with van der Waals surface area (Å²) in [6.45, 7) is 2.00. The molecule has 0 aromatic rings. The monoisotopic (exact) mass is 251 g/mol. The van der Waals surface area contributed by atoms with Crippen LogP contribution in [0.5, 0.6) is 0 Å². The van der Waals surface area contributed by atoms with E-state index >= 15 is 0 Å². The third-order valence-electron chi connectivity index (χ3n) is 2.32. The lowest BCUT2D eigenvalue weighted by molar-refractivity contribution is -0.164. The molecule has 2 N–H and O–H groups in total. The van der Waals surface area contributed by atoms with Crippen LogP contribution in [0.15, 0.2) is 0 Å². The number of esters is 1. The lowest BCUT2D eigenvalue weighted by Gasteiger charge is -2.27. The summed E-state index contributed by atoms with van der Waals surface area (Å²) in [6, 6.07) is 0. The van der Waals surface area contributed by atoms with Crippen molar-refractivity contribution >= 4 is 16.0 Å². The van der Waals surface area contributed by atoms with Crippen LogP contribution in [0.1, 0.15) is 26.2 Å². The van der Waals surface area contributed by atoms with Gasteiger partial charge in [0, 0.05) is 0 Å². The van der Waals surface area contributed by atoms with E-state index in [4.69, 9.17) is 14.6 Å². The Labute approximate surface area is 95.1 Å². The fourth-order valence-electron chi connectivity index (χ4n) is 1.69. The zero-order valence-electron chi connectivity index (χ0n) is 9.22. The topological polar surface area (TPSA) is 95.7 Å². The van der Waals surface area contributed by atoms with Gasteiger partial charge in [-0.15, -0.1) is 0 Å². The van der Waals surface area contributed by atoms with Crippen LogP contribution in [0.4, 0.5) is 0 Å². The normalized spacial score (nSPS) is 26.4. The first kappa shape index (κ1) is 13.4. The molecule has 0 amide bonds. The van der Waals surface area contributed by atoms with Crippen LogP contribution >= 0.6 is 0 Å². The van der Waals surface area contributed by atoms with Gasteiger partial charge in [0.25, 0.3) is 0 Å². The van der Waals surface area contributed by atoms with Gasteiger partial charge >= 0.3 is 5.97 Å². The van der Waals surface area contributed by atoms with Gasteiger partial charge in [-0.3, -0.25) is 0 Å². The van der Waals surface area contributed by atoms with Crippen LogP contribution in [0.25, 0.3) is 0 Å². The summed E-state index contributed by atoms with van der Waals surface area (Å²) >= 11 is 0. The molecule has 7 heteroatoms. The van der Waals surface area contributed by atoms with Crippen LogP contribution in [0.3, 0.4) is 0 Å². The molecule has 1 aliphatic rings. The van der Waals surface area contributed by atoms with Gasteiger partial charge in [-0.2, -0.15) is 0 Å². The van der Waals surface area contributed by atoms with Gasteiger partial charge in [-0.05, 0) is 26.2 Å². The summed E-state index contributed by atoms with van der Waals surface area (Å²) in [7, 11) is -3.56. The minimum atomic E-state index is -3.56. The second-order valence-corrected chi connectivity index (χ2v) is 5.42. The molecule has 1 fully saturated rings. The Bertz CT molecular complexity index is 340. The molecule has 1 aliphatic heterocycles. The highest BCUT2D eigenvalue weighted by Gasteiger charge is 2.30. The van der Waals surface area contributed by atoms with Gasteiger partial charge in [0.15, 0.2) is 6.10 Å². The maximum Gasteiger partial charge on any atom is 0.335 e. The van der Waals surface area contributed by atoms with Gasteiger partial charge < -0.3 is 9.47 Å². The van der Waals surface area contributed by atoms with E-state index in [1.54, 1.807) is 6.92 Å². The van der Waals surface area contributed by atoms with E-state index in [1.807, 2.05) is 0 Å². The maximum absolute atomic E-state index is 11.4. The largest absolute Gasteiger partial charge is 0.464 e. The second-order valence-electron chi connectivity index (χ2n) is 3.76. The van der Waals surface area contributed by atoms with Crippen LogP contribution < -0.4 is 5.14 Å². The SMILES string of the molecule is CCOC(=O)[C@@H]1CCC[C@@H](CS(N)(=O)=O)O1. The number of sulfonamides is 1. The lowest BCUT2D eigenvalue weighted by atomic mass is 10.1. The van der Waals surface area contributed by atoms with Gasteiger partial charge in [-0.1, -0.05) is 0 Å². The van der Waals surface area contributed by atoms with Crippen molar-refractivity contribution < 1.29 is 22.7 Å². The van der Waals surface area contributed by atoms with E-state index in [2.05, 4.69) is 0 Å². The Morgan fingerprint density at radius 1 is 1.50 bits per heavy atom. The number of carbonyl (C=O) groups excluding carboxylic acids is 1. The molecule has 0 radical (unpaired) electrons. The van der Waals surface area contributed by atoms with Crippen LogP contribution in [-0.2, 0) is 24.3 Å². The molecule has 0 aromatic heterocycles. The van der Waals surface area contributed by atoms with Crippen molar-refractivity contribution in [2.24, 2.45) is 5.14 Å². The minimum Gasteiger partial charge on any atom is -0.464 e. The molecule has 1 saturated heterocycles. The quantitative estimate of drug-likeness (QED) is 0.697. The Hall–Kier alpha value is -0.660. The minimum absolute atomic E-state index is 0.247. The summed E-state index contributed by atoms with van der Waals surface area (Å²) in [4.78, 5) is 11.4. The van der Waals surface area contributed by atoms with Crippen molar-refractivity contribution in [1.82, 2.24) is 0 Å². The number of rotatable bonds is 4. The molecular weight excluding hydrogens is 234 g/mol. The van der Waals surface area contributed by atoms with Gasteiger partial charge in [-0.25, -0.2) is 18.4 Å². The summed E-state index contributed by atoms with van der Waals surface area (Å²) in [5.74, 6) is -0.676. The van der Waals surface area contributed by atoms with Crippen LogP contribution in [0.2, 0.25) is 0 Å². The predicted octanol–water partition coefficient (Wildman–Crippen LogP) is -0.224. The highest BCUT2D eigenvalue weighted by Crippen LogP contribution is 2.20. The van der Waals surface area contributed by atoms with E-state index < -0.39 is 28.2 Å². The van der Waals surface area contributed by atoms with Gasteiger partial charge in [0.2, 0.25) is 10.0 Å². The highest BCUT2D eigenvalue weighted by atomic mass is 32.2. The molecule has 1 heterocycles. The van der Waals surface area contributed by atoms with E-state index in [1.165, 1.54) is 0 Å². The third kappa shape index (κ3) is 4.46. The number of ether oxygens (including phenoxy) is 2. The number of carbonyl (C=O) groups is 1. The fraction of sp³-hybridized carbons (Fsp3) is 0.889. The maximum atomic E-state index is 11.4. The average Bonchev–Trinajstić information content (AvgIpc) is 2.16. The van der Waals surface area contributed by atoms with Crippen LogP contribution in [-0.4, -0.2) is 39.0 Å². The molecular formula is C9H17NO5S. The molecule has 0 saturated carbocycles. The van der Waals surface area contributed by atoms with Crippen molar-refractivity contribution in [2.75, 3.05) is 12.4 Å². The van der Waals surface area contributed by atoms with E-state index in [0.717, 1.165) is 6.42 Å². The first-order valence-electron chi connectivity index (χ1n) is 5.25. The smallest absolute Gasteiger partial charge is 0.335 e. The summed E-state index contributed by atoms with van der Waals surface area (Å²) < 4.78 is 31.9. The highest BCUT2D eigenvalue weighted by molar-refractivity contribution is 7.89. The number of nitrogens with two attached hydrogens (primary N) is 1.